The summed E-state index contributed by atoms with van der Waals surface area (Å²) in [7, 11) is -1.99. The molecule has 1 fully saturated rings. The quantitative estimate of drug-likeness (QED) is 0.652. The van der Waals surface area contributed by atoms with Crippen molar-refractivity contribution in [1.29, 1.82) is 0 Å². The molecular formula is C22H26N2O4S. The van der Waals surface area contributed by atoms with Crippen LogP contribution in [0, 0.1) is 0 Å². The fraction of sp³-hybridized carbons (Fsp3) is 0.409. The average molecular weight is 415 g/mol. The fourth-order valence-electron chi connectivity index (χ4n) is 4.34. The summed E-state index contributed by atoms with van der Waals surface area (Å²) in [6, 6.07) is 14.6. The predicted molar refractivity (Wildman–Crippen MR) is 111 cm³/mol. The number of fused-ring (bicyclic) bond motifs is 1. The van der Waals surface area contributed by atoms with Crippen molar-refractivity contribution in [2.24, 2.45) is 0 Å². The SMILES string of the molecule is COc1ccccc1C1CCN(CCCCN2C(=O)c3ccccc3S2(=O)=O)C1. The zero-order chi connectivity index (χ0) is 20.4. The van der Waals surface area contributed by atoms with Crippen LogP contribution in [-0.4, -0.2) is 56.8 Å². The molecule has 0 bridgehead atoms. The van der Waals surface area contributed by atoms with Gasteiger partial charge in [-0.25, -0.2) is 12.7 Å². The third-order valence-electron chi connectivity index (χ3n) is 5.85. The molecule has 1 saturated heterocycles. The van der Waals surface area contributed by atoms with Crippen LogP contribution in [-0.2, 0) is 10.0 Å². The highest BCUT2D eigenvalue weighted by Gasteiger charge is 2.40. The first-order valence-electron chi connectivity index (χ1n) is 10.0. The Bertz CT molecular complexity index is 1010. The molecule has 2 aliphatic heterocycles. The first kappa shape index (κ1) is 19.9. The lowest BCUT2D eigenvalue weighted by atomic mass is 9.97. The van der Waals surface area contributed by atoms with Gasteiger partial charge < -0.3 is 9.64 Å². The van der Waals surface area contributed by atoms with E-state index >= 15 is 0 Å². The van der Waals surface area contributed by atoms with Gasteiger partial charge in [-0.05, 0) is 56.1 Å². The molecule has 4 rings (SSSR count). The van der Waals surface area contributed by atoms with E-state index in [-0.39, 0.29) is 17.0 Å². The Morgan fingerprint density at radius 2 is 1.76 bits per heavy atom. The molecule has 2 heterocycles. The minimum atomic E-state index is -3.69. The second-order valence-electron chi connectivity index (χ2n) is 7.61. The largest absolute Gasteiger partial charge is 0.496 e. The van der Waals surface area contributed by atoms with Gasteiger partial charge in [-0.3, -0.25) is 4.79 Å². The number of nitrogens with zero attached hydrogens (tertiary/aromatic N) is 2. The molecule has 7 heteroatoms. The third kappa shape index (κ3) is 3.76. The molecule has 0 saturated carbocycles. The van der Waals surface area contributed by atoms with Crippen LogP contribution < -0.4 is 4.74 Å². The van der Waals surface area contributed by atoms with E-state index in [0.29, 0.717) is 12.3 Å². The van der Waals surface area contributed by atoms with Gasteiger partial charge >= 0.3 is 0 Å². The molecule has 2 aromatic rings. The zero-order valence-corrected chi connectivity index (χ0v) is 17.4. The minimum absolute atomic E-state index is 0.129. The van der Waals surface area contributed by atoms with Gasteiger partial charge in [0.15, 0.2) is 0 Å². The Morgan fingerprint density at radius 3 is 2.55 bits per heavy atom. The maximum Gasteiger partial charge on any atom is 0.269 e. The number of sulfonamides is 1. The number of carbonyl (C=O) groups excluding carboxylic acids is 1. The van der Waals surface area contributed by atoms with E-state index in [9.17, 15) is 13.2 Å². The highest BCUT2D eigenvalue weighted by atomic mass is 32.2. The van der Waals surface area contributed by atoms with Gasteiger partial charge in [0.25, 0.3) is 15.9 Å². The van der Waals surface area contributed by atoms with E-state index in [0.717, 1.165) is 42.5 Å². The van der Waals surface area contributed by atoms with Crippen molar-refractivity contribution in [3.05, 3.63) is 59.7 Å². The molecule has 1 unspecified atom stereocenters. The molecule has 2 aromatic carbocycles. The van der Waals surface area contributed by atoms with Crippen molar-refractivity contribution >= 4 is 15.9 Å². The Hall–Kier alpha value is -2.38. The Morgan fingerprint density at radius 1 is 1.03 bits per heavy atom. The van der Waals surface area contributed by atoms with Crippen molar-refractivity contribution < 1.29 is 17.9 Å². The summed E-state index contributed by atoms with van der Waals surface area (Å²) in [5.74, 6) is 0.996. The Labute approximate surface area is 172 Å². The normalized spacial score (nSPS) is 20.8. The number of ether oxygens (including phenoxy) is 1. The van der Waals surface area contributed by atoms with E-state index in [1.807, 2.05) is 18.2 Å². The minimum Gasteiger partial charge on any atom is -0.496 e. The van der Waals surface area contributed by atoms with Crippen LogP contribution in [0.2, 0.25) is 0 Å². The lowest BCUT2D eigenvalue weighted by molar-refractivity contribution is 0.0869. The van der Waals surface area contributed by atoms with E-state index in [1.165, 1.54) is 11.6 Å². The number of para-hydroxylation sites is 1. The van der Waals surface area contributed by atoms with Gasteiger partial charge in [-0.2, -0.15) is 0 Å². The molecule has 0 aromatic heterocycles. The number of hydrogen-bond donors (Lipinski definition) is 0. The van der Waals surface area contributed by atoms with E-state index in [4.69, 9.17) is 4.74 Å². The van der Waals surface area contributed by atoms with E-state index < -0.39 is 15.9 Å². The molecule has 1 amide bonds. The van der Waals surface area contributed by atoms with Crippen LogP contribution in [0.5, 0.6) is 5.75 Å². The fourth-order valence-corrected chi connectivity index (χ4v) is 5.94. The zero-order valence-electron chi connectivity index (χ0n) is 16.6. The van der Waals surface area contributed by atoms with Crippen molar-refractivity contribution in [1.82, 2.24) is 9.21 Å². The van der Waals surface area contributed by atoms with Gasteiger partial charge in [0.05, 0.1) is 12.7 Å². The number of hydrogen-bond acceptors (Lipinski definition) is 5. The maximum atomic E-state index is 12.6. The van der Waals surface area contributed by atoms with Gasteiger partial charge in [0.2, 0.25) is 0 Å². The molecule has 6 nitrogen and oxygen atoms in total. The predicted octanol–water partition coefficient (Wildman–Crippen LogP) is 3.11. The third-order valence-corrected chi connectivity index (χ3v) is 7.69. The summed E-state index contributed by atoms with van der Waals surface area (Å²) >= 11 is 0. The highest BCUT2D eigenvalue weighted by Crippen LogP contribution is 2.33. The number of benzene rings is 2. The monoisotopic (exact) mass is 414 g/mol. The highest BCUT2D eigenvalue weighted by molar-refractivity contribution is 7.90. The number of unbranched alkanes of at least 4 members (excludes halogenated alkanes) is 1. The van der Waals surface area contributed by atoms with E-state index in [2.05, 4.69) is 11.0 Å². The Balaban J connectivity index is 1.28. The first-order chi connectivity index (χ1) is 14.0. The summed E-state index contributed by atoms with van der Waals surface area (Å²) in [6.07, 6.45) is 2.61. The van der Waals surface area contributed by atoms with Crippen LogP contribution in [0.3, 0.4) is 0 Å². The van der Waals surface area contributed by atoms with Crippen molar-refractivity contribution in [3.8, 4) is 5.75 Å². The summed E-state index contributed by atoms with van der Waals surface area (Å²) in [5, 5.41) is 0. The summed E-state index contributed by atoms with van der Waals surface area (Å²) in [4.78, 5) is 15.0. The van der Waals surface area contributed by atoms with Crippen molar-refractivity contribution in [2.45, 2.75) is 30.1 Å². The van der Waals surface area contributed by atoms with Crippen LogP contribution >= 0.6 is 0 Å². The number of amides is 1. The smallest absolute Gasteiger partial charge is 0.269 e. The van der Waals surface area contributed by atoms with Crippen LogP contribution in [0.15, 0.2) is 53.4 Å². The number of rotatable bonds is 7. The molecule has 1 atom stereocenters. The number of carbonyl (C=O) groups is 1. The molecule has 154 valence electrons. The molecule has 29 heavy (non-hydrogen) atoms. The molecule has 0 radical (unpaired) electrons. The molecule has 0 spiro atoms. The average Bonchev–Trinajstić information content (AvgIpc) is 3.28. The van der Waals surface area contributed by atoms with Gasteiger partial charge in [0.1, 0.15) is 10.6 Å². The maximum absolute atomic E-state index is 12.6. The summed E-state index contributed by atoms with van der Waals surface area (Å²) < 4.78 is 31.7. The van der Waals surface area contributed by atoms with Crippen molar-refractivity contribution in [2.75, 3.05) is 33.3 Å². The molecular weight excluding hydrogens is 388 g/mol. The summed E-state index contributed by atoms with van der Waals surface area (Å²) in [5.41, 5.74) is 1.54. The molecule has 0 N–H and O–H groups in total. The topological polar surface area (TPSA) is 66.9 Å². The summed E-state index contributed by atoms with van der Waals surface area (Å²) in [6.45, 7) is 3.14. The second-order valence-corrected chi connectivity index (χ2v) is 9.44. The lowest BCUT2D eigenvalue weighted by Gasteiger charge is -2.19. The van der Waals surface area contributed by atoms with Crippen LogP contribution in [0.25, 0.3) is 0 Å². The van der Waals surface area contributed by atoms with Crippen LogP contribution in [0.1, 0.15) is 41.1 Å². The van der Waals surface area contributed by atoms with Gasteiger partial charge in [0, 0.05) is 19.0 Å². The van der Waals surface area contributed by atoms with Gasteiger partial charge in [-0.1, -0.05) is 30.3 Å². The van der Waals surface area contributed by atoms with E-state index in [1.54, 1.807) is 25.3 Å². The van der Waals surface area contributed by atoms with Crippen molar-refractivity contribution in [3.63, 3.8) is 0 Å². The molecule has 2 aliphatic rings. The standard InChI is InChI=1S/C22H26N2O4S/c1-28-20-10-4-2-8-18(20)17-12-15-23(16-17)13-6-7-14-24-22(25)19-9-3-5-11-21(19)29(24,26)27/h2-5,8-11,17H,6-7,12-16H2,1H3. The number of methoxy groups -OCH3 is 1. The van der Waals surface area contributed by atoms with Crippen LogP contribution in [0.4, 0.5) is 0 Å². The lowest BCUT2D eigenvalue weighted by Crippen LogP contribution is -2.31. The van der Waals surface area contributed by atoms with Gasteiger partial charge in [-0.15, -0.1) is 0 Å². The second kappa shape index (κ2) is 8.16. The number of likely N-dealkylation sites (tertiary alicyclic amines) is 1. The Kier molecular flexibility index (Phi) is 5.61. The first-order valence-corrected chi connectivity index (χ1v) is 11.5. The molecule has 0 aliphatic carbocycles.